The van der Waals surface area contributed by atoms with Gasteiger partial charge >= 0.3 is 0 Å². The Balaban J connectivity index is 1.98. The fraction of sp³-hybridized carbons (Fsp3) is 0.118. The molecular formula is C17H17FN2O. The van der Waals surface area contributed by atoms with Crippen LogP contribution in [0.25, 0.3) is 6.08 Å². The van der Waals surface area contributed by atoms with E-state index in [2.05, 4.69) is 10.6 Å². The Kier molecular flexibility index (Phi) is 5.23. The SMILES string of the molecule is CNCc1cccc(NC(=O)/C=C/c2ccc(F)cc2)c1. The van der Waals surface area contributed by atoms with E-state index in [9.17, 15) is 9.18 Å². The summed E-state index contributed by atoms with van der Waals surface area (Å²) < 4.78 is 12.8. The molecular weight excluding hydrogens is 267 g/mol. The Labute approximate surface area is 123 Å². The summed E-state index contributed by atoms with van der Waals surface area (Å²) in [5.74, 6) is -0.515. The van der Waals surface area contributed by atoms with Crippen LogP contribution in [0.4, 0.5) is 10.1 Å². The maximum Gasteiger partial charge on any atom is 0.248 e. The number of amides is 1. The van der Waals surface area contributed by atoms with E-state index in [4.69, 9.17) is 0 Å². The van der Waals surface area contributed by atoms with E-state index in [1.54, 1.807) is 18.2 Å². The number of benzene rings is 2. The van der Waals surface area contributed by atoms with Crippen molar-refractivity contribution in [3.8, 4) is 0 Å². The predicted molar refractivity (Wildman–Crippen MR) is 83.3 cm³/mol. The summed E-state index contributed by atoms with van der Waals surface area (Å²) in [6, 6.07) is 13.6. The molecule has 0 aromatic heterocycles. The highest BCUT2D eigenvalue weighted by molar-refractivity contribution is 6.01. The standard InChI is InChI=1S/C17H17FN2O/c1-19-12-14-3-2-4-16(11-14)20-17(21)10-7-13-5-8-15(18)9-6-13/h2-11,19H,12H2,1H3,(H,20,21)/b10-7+. The molecule has 4 heteroatoms. The van der Waals surface area contributed by atoms with Gasteiger partial charge in [-0.25, -0.2) is 4.39 Å². The average Bonchev–Trinajstić information content (AvgIpc) is 2.47. The Morgan fingerprint density at radius 3 is 2.67 bits per heavy atom. The van der Waals surface area contributed by atoms with E-state index >= 15 is 0 Å². The van der Waals surface area contributed by atoms with Crippen LogP contribution in [0.5, 0.6) is 0 Å². The molecule has 0 aliphatic heterocycles. The second-order valence-corrected chi connectivity index (χ2v) is 4.60. The zero-order valence-electron chi connectivity index (χ0n) is 11.8. The number of halogens is 1. The third kappa shape index (κ3) is 4.85. The van der Waals surface area contributed by atoms with Crippen LogP contribution >= 0.6 is 0 Å². The quantitative estimate of drug-likeness (QED) is 0.828. The second kappa shape index (κ2) is 7.36. The molecule has 0 unspecified atom stereocenters. The highest BCUT2D eigenvalue weighted by Crippen LogP contribution is 2.11. The number of rotatable bonds is 5. The number of carbonyl (C=O) groups is 1. The second-order valence-electron chi connectivity index (χ2n) is 4.60. The van der Waals surface area contributed by atoms with E-state index in [-0.39, 0.29) is 11.7 Å². The molecule has 0 aliphatic rings. The third-order valence-electron chi connectivity index (χ3n) is 2.87. The van der Waals surface area contributed by atoms with Crippen LogP contribution in [0, 0.1) is 5.82 Å². The highest BCUT2D eigenvalue weighted by Gasteiger charge is 1.99. The normalized spacial score (nSPS) is 10.8. The topological polar surface area (TPSA) is 41.1 Å². The zero-order valence-corrected chi connectivity index (χ0v) is 11.8. The molecule has 0 atom stereocenters. The van der Waals surface area contributed by atoms with Crippen molar-refractivity contribution in [2.45, 2.75) is 6.54 Å². The smallest absolute Gasteiger partial charge is 0.248 e. The summed E-state index contributed by atoms with van der Waals surface area (Å²) in [6.45, 7) is 0.745. The largest absolute Gasteiger partial charge is 0.323 e. The highest BCUT2D eigenvalue weighted by atomic mass is 19.1. The lowest BCUT2D eigenvalue weighted by molar-refractivity contribution is -0.111. The van der Waals surface area contributed by atoms with E-state index < -0.39 is 0 Å². The van der Waals surface area contributed by atoms with Crippen LogP contribution in [0.2, 0.25) is 0 Å². The lowest BCUT2D eigenvalue weighted by Crippen LogP contribution is -2.09. The van der Waals surface area contributed by atoms with Crippen molar-refractivity contribution in [1.82, 2.24) is 5.32 Å². The van der Waals surface area contributed by atoms with Gasteiger partial charge in [0.05, 0.1) is 0 Å². The third-order valence-corrected chi connectivity index (χ3v) is 2.87. The molecule has 0 spiro atoms. The van der Waals surface area contributed by atoms with Crippen LogP contribution in [-0.4, -0.2) is 13.0 Å². The lowest BCUT2D eigenvalue weighted by Gasteiger charge is -2.05. The molecule has 108 valence electrons. The predicted octanol–water partition coefficient (Wildman–Crippen LogP) is 3.20. The molecule has 0 aliphatic carbocycles. The van der Waals surface area contributed by atoms with Crippen LogP contribution in [0.15, 0.2) is 54.6 Å². The van der Waals surface area contributed by atoms with E-state index in [0.29, 0.717) is 0 Å². The van der Waals surface area contributed by atoms with Gasteiger partial charge in [-0.05, 0) is 48.5 Å². The summed E-state index contributed by atoms with van der Waals surface area (Å²) in [6.07, 6.45) is 3.07. The number of nitrogens with one attached hydrogen (secondary N) is 2. The number of hydrogen-bond acceptors (Lipinski definition) is 2. The molecule has 0 heterocycles. The van der Waals surface area contributed by atoms with Crippen molar-refractivity contribution in [2.24, 2.45) is 0 Å². The Hall–Kier alpha value is -2.46. The molecule has 0 radical (unpaired) electrons. The summed E-state index contributed by atoms with van der Waals surface area (Å²) in [7, 11) is 1.87. The Bertz CT molecular complexity index is 635. The molecule has 3 nitrogen and oxygen atoms in total. The van der Waals surface area contributed by atoms with Crippen LogP contribution in [-0.2, 0) is 11.3 Å². The number of carbonyl (C=O) groups excluding carboxylic acids is 1. The van der Waals surface area contributed by atoms with Gasteiger partial charge in [0, 0.05) is 18.3 Å². The number of hydrogen-bond donors (Lipinski definition) is 2. The molecule has 1 amide bonds. The molecule has 2 rings (SSSR count). The van der Waals surface area contributed by atoms with Crippen molar-refractivity contribution >= 4 is 17.7 Å². The van der Waals surface area contributed by atoms with Gasteiger partial charge < -0.3 is 10.6 Å². The zero-order chi connectivity index (χ0) is 15.1. The van der Waals surface area contributed by atoms with Gasteiger partial charge in [-0.15, -0.1) is 0 Å². The van der Waals surface area contributed by atoms with Gasteiger partial charge in [0.2, 0.25) is 5.91 Å². The minimum Gasteiger partial charge on any atom is -0.323 e. The van der Waals surface area contributed by atoms with Crippen molar-refractivity contribution in [3.63, 3.8) is 0 Å². The maximum absolute atomic E-state index is 12.8. The monoisotopic (exact) mass is 284 g/mol. The van der Waals surface area contributed by atoms with E-state index in [1.165, 1.54) is 18.2 Å². The van der Waals surface area contributed by atoms with Gasteiger partial charge in [-0.1, -0.05) is 24.3 Å². The minimum absolute atomic E-state index is 0.221. The minimum atomic E-state index is -0.294. The van der Waals surface area contributed by atoms with Crippen LogP contribution < -0.4 is 10.6 Å². The number of anilines is 1. The van der Waals surface area contributed by atoms with Crippen molar-refractivity contribution in [2.75, 3.05) is 12.4 Å². The first-order chi connectivity index (χ1) is 10.2. The fourth-order valence-corrected chi connectivity index (χ4v) is 1.89. The Morgan fingerprint density at radius 1 is 1.19 bits per heavy atom. The summed E-state index contributed by atoms with van der Waals surface area (Å²) in [5.41, 5.74) is 2.62. The average molecular weight is 284 g/mol. The molecule has 0 fully saturated rings. The molecule has 0 saturated heterocycles. The summed E-state index contributed by atoms with van der Waals surface area (Å²) >= 11 is 0. The van der Waals surface area contributed by atoms with Gasteiger partial charge in [0.1, 0.15) is 5.82 Å². The first-order valence-electron chi connectivity index (χ1n) is 6.65. The van der Waals surface area contributed by atoms with E-state index in [1.807, 2.05) is 31.3 Å². The molecule has 21 heavy (non-hydrogen) atoms. The van der Waals surface area contributed by atoms with Crippen molar-refractivity contribution in [3.05, 3.63) is 71.6 Å². The first kappa shape index (κ1) is 14.9. The maximum atomic E-state index is 12.8. The first-order valence-corrected chi connectivity index (χ1v) is 6.65. The summed E-state index contributed by atoms with van der Waals surface area (Å²) in [4.78, 5) is 11.8. The fourth-order valence-electron chi connectivity index (χ4n) is 1.89. The van der Waals surface area contributed by atoms with Gasteiger partial charge in [-0.3, -0.25) is 4.79 Å². The molecule has 2 N–H and O–H groups in total. The van der Waals surface area contributed by atoms with Gasteiger partial charge in [0.15, 0.2) is 0 Å². The van der Waals surface area contributed by atoms with Gasteiger partial charge in [-0.2, -0.15) is 0 Å². The summed E-state index contributed by atoms with van der Waals surface area (Å²) in [5, 5.41) is 5.85. The van der Waals surface area contributed by atoms with Crippen LogP contribution in [0.1, 0.15) is 11.1 Å². The molecule has 2 aromatic rings. The van der Waals surface area contributed by atoms with Crippen LogP contribution in [0.3, 0.4) is 0 Å². The molecule has 2 aromatic carbocycles. The lowest BCUT2D eigenvalue weighted by atomic mass is 10.2. The van der Waals surface area contributed by atoms with Crippen molar-refractivity contribution < 1.29 is 9.18 Å². The van der Waals surface area contributed by atoms with Gasteiger partial charge in [0.25, 0.3) is 0 Å². The van der Waals surface area contributed by atoms with Crippen molar-refractivity contribution in [1.29, 1.82) is 0 Å². The Morgan fingerprint density at radius 2 is 1.95 bits per heavy atom. The van der Waals surface area contributed by atoms with E-state index in [0.717, 1.165) is 23.4 Å². The molecule has 0 bridgehead atoms. The molecule has 0 saturated carbocycles.